The van der Waals surface area contributed by atoms with E-state index in [9.17, 15) is 5.11 Å². The van der Waals surface area contributed by atoms with Gasteiger partial charge in [0.2, 0.25) is 0 Å². The second kappa shape index (κ2) is 6.19. The Morgan fingerprint density at radius 3 is 3.00 bits per heavy atom. The maximum absolute atomic E-state index is 10.7. The van der Waals surface area contributed by atoms with Crippen LogP contribution in [0.25, 0.3) is 0 Å². The quantitative estimate of drug-likeness (QED) is 0.701. The monoisotopic (exact) mass is 226 g/mol. The van der Waals surface area contributed by atoms with Gasteiger partial charge in [-0.2, -0.15) is 10.7 Å². The van der Waals surface area contributed by atoms with Crippen molar-refractivity contribution in [2.24, 2.45) is 5.92 Å². The minimum absolute atomic E-state index is 0.0958. The molecule has 1 fully saturated rings. The first-order chi connectivity index (χ1) is 7.65. The average molecular weight is 226 g/mol. The summed E-state index contributed by atoms with van der Waals surface area (Å²) in [4.78, 5) is 4.90. The largest absolute Gasteiger partial charge is 0.388 e. The summed E-state index contributed by atoms with van der Waals surface area (Å²) in [6, 6.07) is 2.07. The summed E-state index contributed by atoms with van der Waals surface area (Å²) in [5, 5.41) is 19.3. The lowest BCUT2D eigenvalue weighted by molar-refractivity contribution is -0.109. The summed E-state index contributed by atoms with van der Waals surface area (Å²) in [7, 11) is 1.56. The van der Waals surface area contributed by atoms with Crippen molar-refractivity contribution in [1.29, 1.82) is 5.26 Å². The summed E-state index contributed by atoms with van der Waals surface area (Å²) in [5.74, 6) is 0.207. The zero-order valence-electron chi connectivity index (χ0n) is 10.2. The molecule has 0 bridgehead atoms. The standard InChI is InChI=1S/C12H22N2O2/c1-10(14-16-2)12(15)8-4-3-6-11(12)7-5-9-13/h10-11,14-15H,3-8H2,1-2H3. The van der Waals surface area contributed by atoms with Crippen LogP contribution in [0.4, 0.5) is 0 Å². The summed E-state index contributed by atoms with van der Waals surface area (Å²) in [6.07, 6.45) is 5.30. The molecule has 16 heavy (non-hydrogen) atoms. The van der Waals surface area contributed by atoms with Gasteiger partial charge in [0, 0.05) is 6.42 Å². The van der Waals surface area contributed by atoms with E-state index in [0.717, 1.165) is 32.1 Å². The molecule has 0 spiro atoms. The maximum Gasteiger partial charge on any atom is 0.0848 e. The Balaban J connectivity index is 2.66. The van der Waals surface area contributed by atoms with Crippen LogP contribution < -0.4 is 5.48 Å². The van der Waals surface area contributed by atoms with E-state index in [0.29, 0.717) is 6.42 Å². The number of nitrogens with one attached hydrogen (secondary N) is 1. The molecule has 0 aliphatic heterocycles. The van der Waals surface area contributed by atoms with Crippen molar-refractivity contribution >= 4 is 0 Å². The van der Waals surface area contributed by atoms with E-state index in [2.05, 4.69) is 11.5 Å². The lowest BCUT2D eigenvalue weighted by Crippen LogP contribution is -2.55. The Morgan fingerprint density at radius 1 is 1.62 bits per heavy atom. The number of nitriles is 1. The summed E-state index contributed by atoms with van der Waals surface area (Å²) < 4.78 is 0. The highest BCUT2D eigenvalue weighted by Gasteiger charge is 2.42. The topological polar surface area (TPSA) is 65.3 Å². The maximum atomic E-state index is 10.7. The first kappa shape index (κ1) is 13.4. The van der Waals surface area contributed by atoms with Gasteiger partial charge in [-0.3, -0.25) is 0 Å². The second-order valence-corrected chi connectivity index (χ2v) is 4.67. The van der Waals surface area contributed by atoms with Gasteiger partial charge < -0.3 is 9.94 Å². The first-order valence-corrected chi connectivity index (χ1v) is 6.03. The van der Waals surface area contributed by atoms with E-state index < -0.39 is 5.60 Å². The molecule has 3 atom stereocenters. The molecule has 92 valence electrons. The van der Waals surface area contributed by atoms with E-state index in [1.807, 2.05) is 6.92 Å². The number of nitrogens with zero attached hydrogens (tertiary/aromatic N) is 1. The predicted molar refractivity (Wildman–Crippen MR) is 61.4 cm³/mol. The minimum atomic E-state index is -0.731. The number of hydrogen-bond donors (Lipinski definition) is 2. The van der Waals surface area contributed by atoms with E-state index >= 15 is 0 Å². The van der Waals surface area contributed by atoms with E-state index in [1.54, 1.807) is 7.11 Å². The Morgan fingerprint density at radius 2 is 2.38 bits per heavy atom. The lowest BCUT2D eigenvalue weighted by atomic mass is 9.70. The number of aliphatic hydroxyl groups is 1. The Hall–Kier alpha value is -0.630. The fourth-order valence-corrected chi connectivity index (χ4v) is 2.73. The van der Waals surface area contributed by atoms with Crippen molar-refractivity contribution in [1.82, 2.24) is 5.48 Å². The van der Waals surface area contributed by atoms with Crippen LogP contribution in [0.2, 0.25) is 0 Å². The third kappa shape index (κ3) is 2.94. The molecule has 1 aliphatic carbocycles. The molecule has 1 aliphatic rings. The SMILES string of the molecule is CONC(C)C1(O)CCCCC1CCC#N. The molecule has 0 saturated heterocycles. The van der Waals surface area contributed by atoms with Gasteiger partial charge in [0.1, 0.15) is 0 Å². The van der Waals surface area contributed by atoms with Gasteiger partial charge in [0.25, 0.3) is 0 Å². The van der Waals surface area contributed by atoms with Gasteiger partial charge in [0.05, 0.1) is 24.8 Å². The van der Waals surface area contributed by atoms with Crippen LogP contribution >= 0.6 is 0 Å². The fourth-order valence-electron chi connectivity index (χ4n) is 2.73. The van der Waals surface area contributed by atoms with Crippen LogP contribution in [0.3, 0.4) is 0 Å². The van der Waals surface area contributed by atoms with E-state index in [1.165, 1.54) is 0 Å². The van der Waals surface area contributed by atoms with E-state index in [4.69, 9.17) is 10.1 Å². The molecule has 0 amide bonds. The smallest absolute Gasteiger partial charge is 0.0848 e. The van der Waals surface area contributed by atoms with Gasteiger partial charge in [0.15, 0.2) is 0 Å². The van der Waals surface area contributed by atoms with Crippen molar-refractivity contribution in [3.8, 4) is 6.07 Å². The van der Waals surface area contributed by atoms with Crippen LogP contribution in [-0.2, 0) is 4.84 Å². The average Bonchev–Trinajstić information content (AvgIpc) is 2.28. The van der Waals surface area contributed by atoms with Gasteiger partial charge in [-0.25, -0.2) is 0 Å². The van der Waals surface area contributed by atoms with Crippen LogP contribution in [0.1, 0.15) is 45.4 Å². The van der Waals surface area contributed by atoms with Crippen molar-refractivity contribution < 1.29 is 9.94 Å². The lowest BCUT2D eigenvalue weighted by Gasteiger charge is -2.44. The molecule has 0 heterocycles. The zero-order chi connectivity index (χ0) is 12.0. The Labute approximate surface area is 97.6 Å². The molecular formula is C12H22N2O2. The number of rotatable bonds is 5. The first-order valence-electron chi connectivity index (χ1n) is 6.03. The van der Waals surface area contributed by atoms with Crippen molar-refractivity contribution in [3.63, 3.8) is 0 Å². The van der Waals surface area contributed by atoms with Gasteiger partial charge in [-0.15, -0.1) is 0 Å². The zero-order valence-corrected chi connectivity index (χ0v) is 10.2. The Kier molecular flexibility index (Phi) is 5.20. The molecule has 0 aromatic carbocycles. The van der Waals surface area contributed by atoms with Crippen LogP contribution in [-0.4, -0.2) is 23.9 Å². The van der Waals surface area contributed by atoms with Crippen molar-refractivity contribution in [3.05, 3.63) is 0 Å². The predicted octanol–water partition coefficient (Wildman–Crippen LogP) is 1.75. The second-order valence-electron chi connectivity index (χ2n) is 4.67. The van der Waals surface area contributed by atoms with Crippen LogP contribution in [0.15, 0.2) is 0 Å². The molecule has 0 aromatic rings. The molecule has 3 unspecified atom stereocenters. The summed E-state index contributed by atoms with van der Waals surface area (Å²) >= 11 is 0. The van der Waals surface area contributed by atoms with Crippen LogP contribution in [0.5, 0.6) is 0 Å². The minimum Gasteiger partial charge on any atom is -0.388 e. The van der Waals surface area contributed by atoms with E-state index in [-0.39, 0.29) is 12.0 Å². The molecule has 4 nitrogen and oxygen atoms in total. The highest BCUT2D eigenvalue weighted by Crippen LogP contribution is 2.38. The highest BCUT2D eigenvalue weighted by atomic mass is 16.6. The van der Waals surface area contributed by atoms with Crippen LogP contribution in [0, 0.1) is 17.2 Å². The highest BCUT2D eigenvalue weighted by molar-refractivity contribution is 4.97. The third-order valence-corrected chi connectivity index (χ3v) is 3.74. The van der Waals surface area contributed by atoms with Gasteiger partial charge >= 0.3 is 0 Å². The number of hydrogen-bond acceptors (Lipinski definition) is 4. The van der Waals surface area contributed by atoms with Crippen molar-refractivity contribution in [2.45, 2.75) is 57.1 Å². The Bertz CT molecular complexity index is 252. The summed E-state index contributed by atoms with van der Waals surface area (Å²) in [6.45, 7) is 1.94. The fraction of sp³-hybridized carbons (Fsp3) is 0.917. The molecule has 1 rings (SSSR count). The normalized spacial score (nSPS) is 32.0. The molecule has 2 N–H and O–H groups in total. The van der Waals surface area contributed by atoms with Gasteiger partial charge in [-0.05, 0) is 32.1 Å². The molecule has 0 aromatic heterocycles. The molecular weight excluding hydrogens is 204 g/mol. The summed E-state index contributed by atoms with van der Waals surface area (Å²) in [5.41, 5.74) is 2.10. The third-order valence-electron chi connectivity index (χ3n) is 3.74. The molecule has 1 saturated carbocycles. The number of hydroxylamine groups is 1. The molecule has 0 radical (unpaired) electrons. The molecule has 4 heteroatoms. The van der Waals surface area contributed by atoms with Crippen molar-refractivity contribution in [2.75, 3.05) is 7.11 Å². The van der Waals surface area contributed by atoms with Gasteiger partial charge in [-0.1, -0.05) is 12.8 Å².